The van der Waals surface area contributed by atoms with Gasteiger partial charge in [0.05, 0.1) is 0 Å². The summed E-state index contributed by atoms with van der Waals surface area (Å²) in [5, 5.41) is 12.4. The van der Waals surface area contributed by atoms with Crippen molar-refractivity contribution in [2.45, 2.75) is 51.6 Å². The van der Waals surface area contributed by atoms with E-state index in [9.17, 15) is 4.79 Å². The molecular weight excluding hydrogens is 204 g/mol. The highest BCUT2D eigenvalue weighted by molar-refractivity contribution is 5.78. The summed E-state index contributed by atoms with van der Waals surface area (Å²) in [5.41, 5.74) is -0.776. The summed E-state index contributed by atoms with van der Waals surface area (Å²) >= 11 is 0. The number of carbonyl (C=O) groups is 1. The topological polar surface area (TPSA) is 52.6 Å². The largest absolute Gasteiger partial charge is 0.480 e. The number of aliphatic carboxylic acids is 1. The molecule has 2 N–H and O–H groups in total. The molecule has 1 rings (SSSR count). The van der Waals surface area contributed by atoms with Crippen LogP contribution in [-0.2, 0) is 4.79 Å². The molecule has 1 heterocycles. The molecule has 0 aromatic carbocycles. The van der Waals surface area contributed by atoms with E-state index in [1.165, 1.54) is 12.8 Å². The summed E-state index contributed by atoms with van der Waals surface area (Å²) in [6, 6.07) is 0.509. The zero-order chi connectivity index (χ0) is 12.2. The highest BCUT2D eigenvalue weighted by atomic mass is 16.4. The van der Waals surface area contributed by atoms with Crippen LogP contribution >= 0.6 is 0 Å². The van der Waals surface area contributed by atoms with Gasteiger partial charge in [-0.05, 0) is 39.3 Å². The van der Waals surface area contributed by atoms with Crippen molar-refractivity contribution >= 4 is 5.97 Å². The summed E-state index contributed by atoms with van der Waals surface area (Å²) in [5.74, 6) is -0.754. The Bertz CT molecular complexity index is 245. The fourth-order valence-corrected chi connectivity index (χ4v) is 2.24. The van der Waals surface area contributed by atoms with Crippen molar-refractivity contribution in [3.8, 4) is 0 Å². The number of likely N-dealkylation sites (N-methyl/N-ethyl adjacent to an activating group) is 1. The molecule has 0 bridgehead atoms. The van der Waals surface area contributed by atoms with Crippen molar-refractivity contribution in [1.82, 2.24) is 10.2 Å². The van der Waals surface area contributed by atoms with Crippen molar-refractivity contribution in [2.24, 2.45) is 0 Å². The number of likely N-dealkylation sites (tertiary alicyclic amines) is 1. The third kappa shape index (κ3) is 2.95. The van der Waals surface area contributed by atoms with E-state index in [1.54, 1.807) is 6.92 Å². The normalized spacial score (nSPS) is 25.6. The van der Waals surface area contributed by atoms with Crippen LogP contribution in [0.15, 0.2) is 0 Å². The lowest BCUT2D eigenvalue weighted by atomic mass is 9.98. The smallest absolute Gasteiger partial charge is 0.323 e. The molecule has 2 atom stereocenters. The highest BCUT2D eigenvalue weighted by Gasteiger charge is 2.32. The zero-order valence-electron chi connectivity index (χ0n) is 10.6. The average molecular weight is 228 g/mol. The van der Waals surface area contributed by atoms with Crippen molar-refractivity contribution in [3.63, 3.8) is 0 Å². The van der Waals surface area contributed by atoms with Crippen LogP contribution in [0, 0.1) is 0 Å². The molecule has 0 aromatic rings. The van der Waals surface area contributed by atoms with Crippen LogP contribution in [0.3, 0.4) is 0 Å². The van der Waals surface area contributed by atoms with Crippen LogP contribution in [0.1, 0.15) is 40.0 Å². The van der Waals surface area contributed by atoms with Crippen LogP contribution in [-0.4, -0.2) is 47.2 Å². The molecule has 0 aromatic heterocycles. The number of carboxylic acid groups (broad SMARTS) is 1. The summed E-state index contributed by atoms with van der Waals surface area (Å²) in [6.07, 6.45) is 3.03. The second kappa shape index (κ2) is 5.64. The Morgan fingerprint density at radius 1 is 1.56 bits per heavy atom. The third-order valence-electron chi connectivity index (χ3n) is 3.81. The van der Waals surface area contributed by atoms with Crippen LogP contribution in [0.4, 0.5) is 0 Å². The van der Waals surface area contributed by atoms with Crippen molar-refractivity contribution in [1.29, 1.82) is 0 Å². The minimum Gasteiger partial charge on any atom is -0.480 e. The van der Waals surface area contributed by atoms with Gasteiger partial charge in [-0.1, -0.05) is 13.8 Å². The van der Waals surface area contributed by atoms with Gasteiger partial charge in [0, 0.05) is 12.6 Å². The van der Waals surface area contributed by atoms with E-state index in [4.69, 9.17) is 5.11 Å². The quantitative estimate of drug-likeness (QED) is 0.720. The lowest BCUT2D eigenvalue weighted by Crippen LogP contribution is -2.53. The van der Waals surface area contributed by atoms with Crippen molar-refractivity contribution in [2.75, 3.05) is 19.6 Å². The minimum absolute atomic E-state index is 0.509. The standard InChI is InChI=1S/C12H24N2O2/c1-4-12(3,11(15)16)13-9-10-7-6-8-14(10)5-2/h10,13H,4-9H2,1-3H3,(H,15,16). The first kappa shape index (κ1) is 13.5. The van der Waals surface area contributed by atoms with Crippen molar-refractivity contribution < 1.29 is 9.90 Å². The molecule has 16 heavy (non-hydrogen) atoms. The zero-order valence-corrected chi connectivity index (χ0v) is 10.6. The predicted octanol–water partition coefficient (Wildman–Crippen LogP) is 1.31. The molecule has 2 unspecified atom stereocenters. The van der Waals surface area contributed by atoms with Gasteiger partial charge in [0.2, 0.25) is 0 Å². The monoisotopic (exact) mass is 228 g/mol. The molecule has 4 heteroatoms. The van der Waals surface area contributed by atoms with E-state index in [0.29, 0.717) is 12.5 Å². The lowest BCUT2D eigenvalue weighted by molar-refractivity contribution is -0.144. The van der Waals surface area contributed by atoms with Crippen molar-refractivity contribution in [3.05, 3.63) is 0 Å². The first-order valence-corrected chi connectivity index (χ1v) is 6.26. The van der Waals surface area contributed by atoms with Gasteiger partial charge in [0.1, 0.15) is 5.54 Å². The lowest BCUT2D eigenvalue weighted by Gasteiger charge is -2.29. The summed E-state index contributed by atoms with van der Waals surface area (Å²) in [7, 11) is 0. The van der Waals surface area contributed by atoms with E-state index in [-0.39, 0.29) is 0 Å². The molecule has 1 aliphatic rings. The molecule has 0 aliphatic carbocycles. The Morgan fingerprint density at radius 2 is 2.25 bits per heavy atom. The molecule has 1 aliphatic heterocycles. The van der Waals surface area contributed by atoms with E-state index < -0.39 is 11.5 Å². The maximum atomic E-state index is 11.1. The Kier molecular flexibility index (Phi) is 4.74. The number of nitrogens with one attached hydrogen (secondary N) is 1. The molecular formula is C12H24N2O2. The first-order chi connectivity index (χ1) is 7.53. The highest BCUT2D eigenvalue weighted by Crippen LogP contribution is 2.17. The second-order valence-electron chi connectivity index (χ2n) is 4.80. The third-order valence-corrected chi connectivity index (χ3v) is 3.81. The minimum atomic E-state index is -0.776. The van der Waals surface area contributed by atoms with Crippen LogP contribution in [0.5, 0.6) is 0 Å². The Hall–Kier alpha value is -0.610. The van der Waals surface area contributed by atoms with E-state index in [1.807, 2.05) is 6.92 Å². The number of rotatable bonds is 6. The van der Waals surface area contributed by atoms with Crippen LogP contribution in [0.2, 0.25) is 0 Å². The summed E-state index contributed by atoms with van der Waals surface area (Å²) in [6.45, 7) is 8.83. The SMILES string of the molecule is CCN1CCCC1CNC(C)(CC)C(=O)O. The predicted molar refractivity (Wildman–Crippen MR) is 64.6 cm³/mol. The Morgan fingerprint density at radius 3 is 2.75 bits per heavy atom. The Labute approximate surface area is 98.0 Å². The van der Waals surface area contributed by atoms with E-state index >= 15 is 0 Å². The molecule has 1 fully saturated rings. The molecule has 0 radical (unpaired) electrons. The van der Waals surface area contributed by atoms with Gasteiger partial charge >= 0.3 is 5.97 Å². The van der Waals surface area contributed by atoms with Gasteiger partial charge < -0.3 is 10.4 Å². The van der Waals surface area contributed by atoms with Gasteiger partial charge in [0.25, 0.3) is 0 Å². The number of carboxylic acids is 1. The van der Waals surface area contributed by atoms with E-state index in [0.717, 1.165) is 19.6 Å². The molecule has 1 saturated heterocycles. The average Bonchev–Trinajstić information content (AvgIpc) is 2.72. The van der Waals surface area contributed by atoms with Gasteiger partial charge in [-0.25, -0.2) is 0 Å². The van der Waals surface area contributed by atoms with Gasteiger partial charge in [0.15, 0.2) is 0 Å². The first-order valence-electron chi connectivity index (χ1n) is 6.26. The van der Waals surface area contributed by atoms with Gasteiger partial charge in [-0.2, -0.15) is 0 Å². The maximum Gasteiger partial charge on any atom is 0.323 e. The number of nitrogens with zero attached hydrogens (tertiary/aromatic N) is 1. The second-order valence-corrected chi connectivity index (χ2v) is 4.80. The molecule has 0 spiro atoms. The molecule has 4 nitrogen and oxygen atoms in total. The van der Waals surface area contributed by atoms with Crippen LogP contribution in [0.25, 0.3) is 0 Å². The number of hydrogen-bond donors (Lipinski definition) is 2. The molecule has 0 amide bonds. The fraction of sp³-hybridized carbons (Fsp3) is 0.917. The van der Waals surface area contributed by atoms with E-state index in [2.05, 4.69) is 17.1 Å². The number of hydrogen-bond acceptors (Lipinski definition) is 3. The maximum absolute atomic E-state index is 11.1. The summed E-state index contributed by atoms with van der Waals surface area (Å²) < 4.78 is 0. The summed E-state index contributed by atoms with van der Waals surface area (Å²) in [4.78, 5) is 13.6. The fourth-order valence-electron chi connectivity index (χ4n) is 2.24. The van der Waals surface area contributed by atoms with Gasteiger partial charge in [-0.3, -0.25) is 9.69 Å². The molecule has 0 saturated carbocycles. The van der Waals surface area contributed by atoms with Gasteiger partial charge in [-0.15, -0.1) is 0 Å². The Balaban J connectivity index is 2.46. The van der Waals surface area contributed by atoms with Crippen LogP contribution < -0.4 is 5.32 Å². The molecule has 94 valence electrons.